The van der Waals surface area contributed by atoms with E-state index in [-0.39, 0.29) is 5.91 Å². The van der Waals surface area contributed by atoms with Crippen molar-refractivity contribution in [1.82, 2.24) is 34.8 Å². The summed E-state index contributed by atoms with van der Waals surface area (Å²) < 4.78 is 1.97. The number of piperazine rings is 1. The molecule has 9 heteroatoms. The fourth-order valence-corrected chi connectivity index (χ4v) is 3.54. The molecule has 0 unspecified atom stereocenters. The predicted octanol–water partition coefficient (Wildman–Crippen LogP) is -0.171. The van der Waals surface area contributed by atoms with Crippen LogP contribution in [0.4, 0.5) is 0 Å². The van der Waals surface area contributed by atoms with Gasteiger partial charge in [0.05, 0.1) is 6.54 Å². The average Bonchev–Trinajstić information content (AvgIpc) is 3.31. The van der Waals surface area contributed by atoms with E-state index in [0.717, 1.165) is 76.3 Å². The number of nitrogens with zero attached hydrogens (tertiary/aromatic N) is 7. The number of hydrogen-bond acceptors (Lipinski definition) is 5. The van der Waals surface area contributed by atoms with Crippen molar-refractivity contribution in [3.63, 3.8) is 0 Å². The summed E-state index contributed by atoms with van der Waals surface area (Å²) in [5.74, 6) is 2.93. The number of hydrogen-bond donors (Lipinski definition) is 1. The number of aliphatic imine (C=N–C) groups is 1. The van der Waals surface area contributed by atoms with Gasteiger partial charge in [0.2, 0.25) is 5.91 Å². The Morgan fingerprint density at radius 1 is 1.07 bits per heavy atom. The van der Waals surface area contributed by atoms with Gasteiger partial charge in [0, 0.05) is 52.9 Å². The standard InChI is InChI=1S/C18H32N8O/c1-4-19-18(20-13-16-22-21-15(2)23(16)3)26-11-9-24(10-12-26)14-17(27)25-7-5-6-8-25/h4-14H2,1-3H3,(H,19,20). The first-order valence-electron chi connectivity index (χ1n) is 9.96. The summed E-state index contributed by atoms with van der Waals surface area (Å²) in [6.45, 7) is 11.3. The molecule has 1 aromatic rings. The zero-order chi connectivity index (χ0) is 19.2. The summed E-state index contributed by atoms with van der Waals surface area (Å²) in [6, 6.07) is 0. The first kappa shape index (κ1) is 19.6. The van der Waals surface area contributed by atoms with Crippen LogP contribution in [0.5, 0.6) is 0 Å². The molecule has 1 N–H and O–H groups in total. The predicted molar refractivity (Wildman–Crippen MR) is 104 cm³/mol. The van der Waals surface area contributed by atoms with E-state index in [1.165, 1.54) is 0 Å². The second-order valence-electron chi connectivity index (χ2n) is 7.24. The molecule has 0 bridgehead atoms. The molecule has 0 atom stereocenters. The number of amides is 1. The summed E-state index contributed by atoms with van der Waals surface area (Å²) in [4.78, 5) is 23.6. The normalized spacial score (nSPS) is 19.0. The molecule has 1 amide bonds. The number of likely N-dealkylation sites (tertiary alicyclic amines) is 1. The topological polar surface area (TPSA) is 81.9 Å². The maximum Gasteiger partial charge on any atom is 0.236 e. The lowest BCUT2D eigenvalue weighted by atomic mass is 10.3. The summed E-state index contributed by atoms with van der Waals surface area (Å²) in [6.07, 6.45) is 2.29. The summed E-state index contributed by atoms with van der Waals surface area (Å²) in [7, 11) is 1.96. The molecule has 1 aromatic heterocycles. The van der Waals surface area contributed by atoms with Crippen molar-refractivity contribution in [3.05, 3.63) is 11.6 Å². The van der Waals surface area contributed by atoms with Crippen LogP contribution < -0.4 is 5.32 Å². The molecule has 3 heterocycles. The Kier molecular flexibility index (Phi) is 6.65. The molecule has 2 aliphatic rings. The highest BCUT2D eigenvalue weighted by atomic mass is 16.2. The molecule has 150 valence electrons. The first-order chi connectivity index (χ1) is 13.1. The second-order valence-corrected chi connectivity index (χ2v) is 7.24. The van der Waals surface area contributed by atoms with Gasteiger partial charge in [-0.15, -0.1) is 10.2 Å². The minimum Gasteiger partial charge on any atom is -0.357 e. The van der Waals surface area contributed by atoms with E-state index in [1.807, 2.05) is 23.4 Å². The highest BCUT2D eigenvalue weighted by molar-refractivity contribution is 5.80. The van der Waals surface area contributed by atoms with Crippen LogP contribution in [0.1, 0.15) is 31.4 Å². The summed E-state index contributed by atoms with van der Waals surface area (Å²) in [5.41, 5.74) is 0. The van der Waals surface area contributed by atoms with Crippen LogP contribution in [0.15, 0.2) is 4.99 Å². The number of aromatic nitrogens is 3. The largest absolute Gasteiger partial charge is 0.357 e. The van der Waals surface area contributed by atoms with Gasteiger partial charge in [-0.1, -0.05) is 0 Å². The molecule has 0 radical (unpaired) electrons. The van der Waals surface area contributed by atoms with E-state index < -0.39 is 0 Å². The van der Waals surface area contributed by atoms with Crippen molar-refractivity contribution in [2.24, 2.45) is 12.0 Å². The van der Waals surface area contributed by atoms with Gasteiger partial charge >= 0.3 is 0 Å². The molecule has 0 saturated carbocycles. The molecule has 3 rings (SSSR count). The molecule has 2 saturated heterocycles. The SMILES string of the molecule is CCNC(=NCc1nnc(C)n1C)N1CCN(CC(=O)N2CCCC2)CC1. The number of carbonyl (C=O) groups is 1. The lowest BCUT2D eigenvalue weighted by Gasteiger charge is -2.36. The van der Waals surface area contributed by atoms with Crippen molar-refractivity contribution in [2.45, 2.75) is 33.2 Å². The number of nitrogens with one attached hydrogen (secondary N) is 1. The molecule has 27 heavy (non-hydrogen) atoms. The first-order valence-corrected chi connectivity index (χ1v) is 9.96. The number of aryl methyl sites for hydroxylation is 1. The molecule has 0 aliphatic carbocycles. The molecule has 2 aliphatic heterocycles. The average molecular weight is 377 g/mol. The Morgan fingerprint density at radius 3 is 2.37 bits per heavy atom. The third-order valence-electron chi connectivity index (χ3n) is 5.38. The molecule has 9 nitrogen and oxygen atoms in total. The van der Waals surface area contributed by atoms with Crippen LogP contribution in [0, 0.1) is 6.92 Å². The van der Waals surface area contributed by atoms with Crippen molar-refractivity contribution >= 4 is 11.9 Å². The van der Waals surface area contributed by atoms with Crippen LogP contribution in [0.3, 0.4) is 0 Å². The molecule has 0 spiro atoms. The van der Waals surface area contributed by atoms with Crippen LogP contribution in [-0.4, -0.2) is 93.7 Å². The third-order valence-corrected chi connectivity index (χ3v) is 5.38. The van der Waals surface area contributed by atoms with Gasteiger partial charge in [0.25, 0.3) is 0 Å². The quantitative estimate of drug-likeness (QED) is 0.568. The van der Waals surface area contributed by atoms with E-state index in [9.17, 15) is 4.79 Å². The highest BCUT2D eigenvalue weighted by Crippen LogP contribution is 2.10. The Labute approximate surface area is 161 Å². The van der Waals surface area contributed by atoms with Gasteiger partial charge in [-0.05, 0) is 26.7 Å². The van der Waals surface area contributed by atoms with Crippen LogP contribution in [0.2, 0.25) is 0 Å². The number of carbonyl (C=O) groups excluding carboxylic acids is 1. The van der Waals surface area contributed by atoms with Crippen molar-refractivity contribution in [3.8, 4) is 0 Å². The monoisotopic (exact) mass is 376 g/mol. The summed E-state index contributed by atoms with van der Waals surface area (Å²) >= 11 is 0. The van der Waals surface area contributed by atoms with Crippen molar-refractivity contribution < 1.29 is 4.79 Å². The molecule has 2 fully saturated rings. The van der Waals surface area contributed by atoms with Crippen LogP contribution in [0.25, 0.3) is 0 Å². The lowest BCUT2D eigenvalue weighted by molar-refractivity contribution is -0.131. The Morgan fingerprint density at radius 2 is 1.78 bits per heavy atom. The Balaban J connectivity index is 1.52. The van der Waals surface area contributed by atoms with Crippen LogP contribution >= 0.6 is 0 Å². The smallest absolute Gasteiger partial charge is 0.236 e. The minimum absolute atomic E-state index is 0.277. The zero-order valence-electron chi connectivity index (χ0n) is 16.8. The van der Waals surface area contributed by atoms with E-state index in [0.29, 0.717) is 13.1 Å². The fraction of sp³-hybridized carbons (Fsp3) is 0.778. The van der Waals surface area contributed by atoms with Gasteiger partial charge in [0.15, 0.2) is 11.8 Å². The number of guanidine groups is 1. The second kappa shape index (κ2) is 9.16. The van der Waals surface area contributed by atoms with Gasteiger partial charge in [-0.25, -0.2) is 4.99 Å². The molecular weight excluding hydrogens is 344 g/mol. The van der Waals surface area contributed by atoms with Gasteiger partial charge in [-0.3, -0.25) is 9.69 Å². The minimum atomic E-state index is 0.277. The number of rotatable bonds is 5. The van der Waals surface area contributed by atoms with Crippen molar-refractivity contribution in [1.29, 1.82) is 0 Å². The van der Waals surface area contributed by atoms with Crippen molar-refractivity contribution in [2.75, 3.05) is 52.4 Å². The van der Waals surface area contributed by atoms with E-state index in [2.05, 4.69) is 32.2 Å². The van der Waals surface area contributed by atoms with E-state index in [4.69, 9.17) is 4.99 Å². The maximum atomic E-state index is 12.3. The van der Waals surface area contributed by atoms with E-state index in [1.54, 1.807) is 0 Å². The van der Waals surface area contributed by atoms with Gasteiger partial charge < -0.3 is 19.7 Å². The van der Waals surface area contributed by atoms with Gasteiger partial charge in [-0.2, -0.15) is 0 Å². The lowest BCUT2D eigenvalue weighted by Crippen LogP contribution is -2.54. The maximum absolute atomic E-state index is 12.3. The van der Waals surface area contributed by atoms with Gasteiger partial charge in [0.1, 0.15) is 12.4 Å². The molecular formula is C18H32N8O. The Hall–Kier alpha value is -2.16. The summed E-state index contributed by atoms with van der Waals surface area (Å²) in [5, 5.41) is 11.6. The highest BCUT2D eigenvalue weighted by Gasteiger charge is 2.24. The molecule has 0 aromatic carbocycles. The fourth-order valence-electron chi connectivity index (χ4n) is 3.54. The van der Waals surface area contributed by atoms with Crippen LogP contribution in [-0.2, 0) is 18.4 Å². The van der Waals surface area contributed by atoms with E-state index >= 15 is 0 Å². The zero-order valence-corrected chi connectivity index (χ0v) is 16.8. The Bertz CT molecular complexity index is 656. The third kappa shape index (κ3) is 4.97.